The molecule has 1 heteroatoms. The zero-order valence-electron chi connectivity index (χ0n) is 5.98. The zero-order valence-corrected chi connectivity index (χ0v) is 6.79. The van der Waals surface area contributed by atoms with Crippen molar-refractivity contribution in [2.75, 3.05) is 0 Å². The van der Waals surface area contributed by atoms with Gasteiger partial charge in [-0.15, -0.1) is 11.8 Å². The van der Waals surface area contributed by atoms with E-state index in [4.69, 9.17) is 0 Å². The molecule has 1 heterocycles. The van der Waals surface area contributed by atoms with Crippen LogP contribution >= 0.6 is 11.8 Å². The van der Waals surface area contributed by atoms with E-state index in [0.717, 1.165) is 10.5 Å². The number of hydrogen-bond acceptors (Lipinski definition) is 1. The highest BCUT2D eigenvalue weighted by molar-refractivity contribution is 8.08. The summed E-state index contributed by atoms with van der Waals surface area (Å²) in [6, 6.07) is 0. The smallest absolute Gasteiger partial charge is 0.0422 e. The molecule has 1 saturated heterocycles. The van der Waals surface area contributed by atoms with Gasteiger partial charge in [-0.05, 0) is 13.3 Å². The fourth-order valence-electron chi connectivity index (χ4n) is 1.63. The highest BCUT2D eigenvalue weighted by atomic mass is 32.2. The SMILES string of the molecule is CCCC1=C(C)C2SC12. The fourth-order valence-corrected chi connectivity index (χ4v) is 3.04. The lowest BCUT2D eigenvalue weighted by molar-refractivity contribution is 0.794. The van der Waals surface area contributed by atoms with Crippen LogP contribution in [-0.2, 0) is 0 Å². The Hall–Kier alpha value is 0.0900. The molecule has 2 aliphatic rings. The molecule has 0 aromatic rings. The molecular weight excluding hydrogens is 128 g/mol. The lowest BCUT2D eigenvalue weighted by Gasteiger charge is -2.16. The molecule has 0 nitrogen and oxygen atoms in total. The third-order valence-corrected chi connectivity index (χ3v) is 3.74. The largest absolute Gasteiger partial charge is 0.143 e. The van der Waals surface area contributed by atoms with Gasteiger partial charge in [-0.2, -0.15) is 0 Å². The van der Waals surface area contributed by atoms with Crippen LogP contribution in [0.5, 0.6) is 0 Å². The fraction of sp³-hybridized carbons (Fsp3) is 0.750. The van der Waals surface area contributed by atoms with Crippen molar-refractivity contribution < 1.29 is 0 Å². The Balaban J connectivity index is 2.04. The Morgan fingerprint density at radius 1 is 1.44 bits per heavy atom. The van der Waals surface area contributed by atoms with Gasteiger partial charge in [0.05, 0.1) is 0 Å². The van der Waals surface area contributed by atoms with Gasteiger partial charge in [0.1, 0.15) is 0 Å². The summed E-state index contributed by atoms with van der Waals surface area (Å²) in [6.45, 7) is 4.56. The Bertz CT molecular complexity index is 169. The minimum Gasteiger partial charge on any atom is -0.143 e. The monoisotopic (exact) mass is 140 g/mol. The average molecular weight is 140 g/mol. The third kappa shape index (κ3) is 0.675. The van der Waals surface area contributed by atoms with Crippen LogP contribution in [0.4, 0.5) is 0 Å². The minimum atomic E-state index is 0.978. The molecule has 0 saturated carbocycles. The van der Waals surface area contributed by atoms with Crippen LogP contribution in [0.25, 0.3) is 0 Å². The first-order valence-corrected chi connectivity index (χ1v) is 4.64. The Kier molecular flexibility index (Phi) is 1.16. The predicted octanol–water partition coefficient (Wildman–Crippen LogP) is 2.60. The van der Waals surface area contributed by atoms with Crippen LogP contribution < -0.4 is 0 Å². The lowest BCUT2D eigenvalue weighted by atomic mass is 9.87. The molecule has 0 radical (unpaired) electrons. The first-order valence-electron chi connectivity index (χ1n) is 3.69. The van der Waals surface area contributed by atoms with Crippen molar-refractivity contribution in [3.05, 3.63) is 11.1 Å². The van der Waals surface area contributed by atoms with Gasteiger partial charge in [0.2, 0.25) is 0 Å². The van der Waals surface area contributed by atoms with Gasteiger partial charge in [-0.25, -0.2) is 0 Å². The van der Waals surface area contributed by atoms with Gasteiger partial charge >= 0.3 is 0 Å². The van der Waals surface area contributed by atoms with Crippen molar-refractivity contribution in [2.45, 2.75) is 37.2 Å². The summed E-state index contributed by atoms with van der Waals surface area (Å²) in [6.07, 6.45) is 2.69. The molecule has 9 heavy (non-hydrogen) atoms. The molecule has 2 unspecified atom stereocenters. The highest BCUT2D eigenvalue weighted by Gasteiger charge is 2.51. The summed E-state index contributed by atoms with van der Waals surface area (Å²) in [5, 5.41) is 1.97. The summed E-state index contributed by atoms with van der Waals surface area (Å²) in [5.41, 5.74) is 3.47. The molecule has 1 aliphatic carbocycles. The predicted molar refractivity (Wildman–Crippen MR) is 42.8 cm³/mol. The van der Waals surface area contributed by atoms with Gasteiger partial charge in [0, 0.05) is 10.5 Å². The molecule has 0 aromatic heterocycles. The molecule has 2 rings (SSSR count). The van der Waals surface area contributed by atoms with E-state index < -0.39 is 0 Å². The van der Waals surface area contributed by atoms with Crippen LogP contribution in [-0.4, -0.2) is 10.5 Å². The maximum atomic E-state index is 2.30. The Morgan fingerprint density at radius 3 is 2.67 bits per heavy atom. The quantitative estimate of drug-likeness (QED) is 0.419. The number of rotatable bonds is 2. The van der Waals surface area contributed by atoms with Crippen molar-refractivity contribution >= 4 is 11.8 Å². The van der Waals surface area contributed by atoms with Crippen molar-refractivity contribution in [2.24, 2.45) is 0 Å². The van der Waals surface area contributed by atoms with Crippen LogP contribution in [0, 0.1) is 0 Å². The average Bonchev–Trinajstić information content (AvgIpc) is 2.58. The van der Waals surface area contributed by atoms with Crippen LogP contribution in [0.1, 0.15) is 26.7 Å². The third-order valence-electron chi connectivity index (χ3n) is 2.29. The van der Waals surface area contributed by atoms with E-state index in [1.54, 1.807) is 11.1 Å². The molecule has 0 amide bonds. The number of hydrogen-bond donors (Lipinski definition) is 0. The Morgan fingerprint density at radius 2 is 2.22 bits per heavy atom. The maximum absolute atomic E-state index is 2.30. The van der Waals surface area contributed by atoms with Crippen LogP contribution in [0.3, 0.4) is 0 Å². The molecule has 1 fully saturated rings. The molecule has 50 valence electrons. The van der Waals surface area contributed by atoms with E-state index in [-0.39, 0.29) is 0 Å². The van der Waals surface area contributed by atoms with Gasteiger partial charge < -0.3 is 0 Å². The van der Waals surface area contributed by atoms with Crippen molar-refractivity contribution in [1.82, 2.24) is 0 Å². The van der Waals surface area contributed by atoms with Gasteiger partial charge in [-0.3, -0.25) is 0 Å². The number of fused-ring (bicyclic) bond motifs is 1. The van der Waals surface area contributed by atoms with Crippen LogP contribution in [0.15, 0.2) is 11.1 Å². The maximum Gasteiger partial charge on any atom is 0.0422 e. The van der Waals surface area contributed by atoms with Crippen molar-refractivity contribution in [3.8, 4) is 0 Å². The van der Waals surface area contributed by atoms with Crippen LogP contribution in [0.2, 0.25) is 0 Å². The van der Waals surface area contributed by atoms with E-state index in [9.17, 15) is 0 Å². The van der Waals surface area contributed by atoms with Gasteiger partial charge in [-0.1, -0.05) is 24.5 Å². The summed E-state index contributed by atoms with van der Waals surface area (Å²) in [7, 11) is 0. The second-order valence-electron chi connectivity index (χ2n) is 2.94. The first kappa shape index (κ1) is 5.84. The first-order chi connectivity index (χ1) is 4.34. The van der Waals surface area contributed by atoms with E-state index >= 15 is 0 Å². The zero-order chi connectivity index (χ0) is 6.43. The van der Waals surface area contributed by atoms with Crippen molar-refractivity contribution in [3.63, 3.8) is 0 Å². The molecule has 2 atom stereocenters. The van der Waals surface area contributed by atoms with Crippen molar-refractivity contribution in [1.29, 1.82) is 0 Å². The molecule has 0 bridgehead atoms. The topological polar surface area (TPSA) is 0 Å². The summed E-state index contributed by atoms with van der Waals surface area (Å²) in [4.78, 5) is 0. The summed E-state index contributed by atoms with van der Waals surface area (Å²) >= 11 is 2.14. The molecule has 0 spiro atoms. The summed E-state index contributed by atoms with van der Waals surface area (Å²) < 4.78 is 0. The van der Waals surface area contributed by atoms with Gasteiger partial charge in [0.15, 0.2) is 0 Å². The standard InChI is InChI=1S/C8H12S/c1-3-4-6-5(2)7-8(6)9-7/h7-8H,3-4H2,1-2H3. The second-order valence-corrected chi connectivity index (χ2v) is 4.22. The molecular formula is C8H12S. The van der Waals surface area contributed by atoms with E-state index in [2.05, 4.69) is 25.6 Å². The molecule has 0 N–H and O–H groups in total. The Labute approximate surface area is 60.7 Å². The summed E-state index contributed by atoms with van der Waals surface area (Å²) in [5.74, 6) is 0. The lowest BCUT2D eigenvalue weighted by Crippen LogP contribution is -2.13. The van der Waals surface area contributed by atoms with E-state index in [1.165, 1.54) is 12.8 Å². The van der Waals surface area contributed by atoms with Gasteiger partial charge in [0.25, 0.3) is 0 Å². The second kappa shape index (κ2) is 1.79. The van der Waals surface area contributed by atoms with E-state index in [1.807, 2.05) is 0 Å². The normalized spacial score (nSPS) is 38.0. The molecule has 0 aromatic carbocycles. The molecule has 1 aliphatic heterocycles. The number of thioether (sulfide) groups is 1. The van der Waals surface area contributed by atoms with E-state index in [0.29, 0.717) is 0 Å². The highest BCUT2D eigenvalue weighted by Crippen LogP contribution is 2.60. The minimum absolute atomic E-state index is 0.978.